The molecule has 0 fully saturated rings. The van der Waals surface area contributed by atoms with Gasteiger partial charge in [-0.05, 0) is 17.2 Å². The maximum Gasteiger partial charge on any atom is 0.416 e. The molecule has 0 amide bonds. The van der Waals surface area contributed by atoms with Crippen LogP contribution in [0.2, 0.25) is 0 Å². The molecule has 1 aromatic carbocycles. The van der Waals surface area contributed by atoms with Gasteiger partial charge in [0.05, 0.1) is 10.5 Å². The maximum absolute atomic E-state index is 12.5. The Bertz CT molecular complexity index is 471. The van der Waals surface area contributed by atoms with Crippen LogP contribution in [0.1, 0.15) is 11.1 Å². The van der Waals surface area contributed by atoms with Gasteiger partial charge in [0.25, 0.3) is 5.69 Å². The fraction of sp³-hybridized carbons (Fsp3) is 0.200. The summed E-state index contributed by atoms with van der Waals surface area (Å²) in [6.45, 7) is 3.45. The largest absolute Gasteiger partial charge is 0.416 e. The van der Waals surface area contributed by atoms with Crippen molar-refractivity contribution in [2.24, 2.45) is 0 Å². The molecule has 0 unspecified atom stereocenters. The zero-order valence-electron chi connectivity index (χ0n) is 8.42. The van der Waals surface area contributed by atoms with Gasteiger partial charge < -0.3 is 0 Å². The van der Waals surface area contributed by atoms with Crippen molar-refractivity contribution < 1.29 is 18.1 Å². The number of allylic oxidation sites excluding steroid dienone is 1. The summed E-state index contributed by atoms with van der Waals surface area (Å²) < 4.78 is 37.5. The van der Waals surface area contributed by atoms with Crippen LogP contribution in [0.25, 0.3) is 5.57 Å². The number of rotatable bonds is 3. The van der Waals surface area contributed by atoms with Crippen LogP contribution < -0.4 is 0 Å². The molecule has 1 rings (SSSR count). The number of non-ortho nitro benzene ring substituents is 1. The number of benzene rings is 1. The first-order valence-corrected chi connectivity index (χ1v) is 4.90. The molecular formula is C10H7ClF3NO2. The number of nitrogens with zero attached hydrogens (tertiary/aromatic N) is 1. The molecule has 7 heteroatoms. The van der Waals surface area contributed by atoms with E-state index in [9.17, 15) is 23.3 Å². The summed E-state index contributed by atoms with van der Waals surface area (Å²) in [4.78, 5) is 9.63. The fourth-order valence-corrected chi connectivity index (χ4v) is 1.32. The molecule has 0 saturated heterocycles. The predicted octanol–water partition coefficient (Wildman–Crippen LogP) is 3.87. The van der Waals surface area contributed by atoms with Crippen LogP contribution >= 0.6 is 11.6 Å². The summed E-state index contributed by atoms with van der Waals surface area (Å²) in [6.07, 6.45) is -4.65. The fourth-order valence-electron chi connectivity index (χ4n) is 1.16. The summed E-state index contributed by atoms with van der Waals surface area (Å²) in [5, 5.41) is 10.5. The normalized spacial score (nSPS) is 11.3. The lowest BCUT2D eigenvalue weighted by Gasteiger charge is -2.09. The Labute approximate surface area is 99.7 Å². The molecule has 1 aromatic rings. The lowest BCUT2D eigenvalue weighted by molar-refractivity contribution is -0.385. The van der Waals surface area contributed by atoms with E-state index in [0.717, 1.165) is 12.1 Å². The predicted molar refractivity (Wildman–Crippen MR) is 57.9 cm³/mol. The Morgan fingerprint density at radius 2 is 2.00 bits per heavy atom. The van der Waals surface area contributed by atoms with Crippen molar-refractivity contribution in [2.75, 3.05) is 5.88 Å². The van der Waals surface area contributed by atoms with Crippen LogP contribution in [-0.4, -0.2) is 10.8 Å². The summed E-state index contributed by atoms with van der Waals surface area (Å²) in [7, 11) is 0. The van der Waals surface area contributed by atoms with Crippen LogP contribution in [0.5, 0.6) is 0 Å². The highest BCUT2D eigenvalue weighted by atomic mass is 35.5. The first kappa shape index (κ1) is 13.5. The van der Waals surface area contributed by atoms with Crippen molar-refractivity contribution in [1.29, 1.82) is 0 Å². The highest BCUT2D eigenvalue weighted by Gasteiger charge is 2.32. The Kier molecular flexibility index (Phi) is 3.77. The van der Waals surface area contributed by atoms with Crippen molar-refractivity contribution in [3.05, 3.63) is 46.0 Å². The molecule has 0 radical (unpaired) electrons. The number of alkyl halides is 4. The third kappa shape index (κ3) is 3.20. The van der Waals surface area contributed by atoms with Crippen molar-refractivity contribution in [1.82, 2.24) is 0 Å². The summed E-state index contributed by atoms with van der Waals surface area (Å²) >= 11 is 5.43. The molecule has 3 nitrogen and oxygen atoms in total. The third-order valence-corrected chi connectivity index (χ3v) is 2.35. The second-order valence-electron chi connectivity index (χ2n) is 3.26. The van der Waals surface area contributed by atoms with Crippen molar-refractivity contribution >= 4 is 22.9 Å². The van der Waals surface area contributed by atoms with Crippen LogP contribution in [0.3, 0.4) is 0 Å². The van der Waals surface area contributed by atoms with Gasteiger partial charge in [0.15, 0.2) is 0 Å². The Morgan fingerprint density at radius 3 is 2.41 bits per heavy atom. The van der Waals surface area contributed by atoms with E-state index in [2.05, 4.69) is 6.58 Å². The standard InChI is InChI=1S/C10H7ClF3NO2/c1-6(5-11)7-2-8(10(12,13)14)4-9(3-7)15(16)17/h2-4H,1,5H2. The average Bonchev–Trinajstić information content (AvgIpc) is 2.26. The van der Waals surface area contributed by atoms with E-state index in [1.54, 1.807) is 0 Å². The average molecular weight is 266 g/mol. The molecule has 0 bridgehead atoms. The monoisotopic (exact) mass is 265 g/mol. The number of nitro benzene ring substituents is 1. The topological polar surface area (TPSA) is 43.1 Å². The zero-order valence-corrected chi connectivity index (χ0v) is 9.18. The van der Waals surface area contributed by atoms with Gasteiger partial charge in [-0.15, -0.1) is 11.6 Å². The van der Waals surface area contributed by atoms with Gasteiger partial charge in [0, 0.05) is 18.0 Å². The Balaban J connectivity index is 3.39. The number of hydrogen-bond donors (Lipinski definition) is 0. The molecule has 0 heterocycles. The number of hydrogen-bond acceptors (Lipinski definition) is 2. The van der Waals surface area contributed by atoms with E-state index in [4.69, 9.17) is 11.6 Å². The van der Waals surface area contributed by atoms with E-state index in [-0.39, 0.29) is 17.0 Å². The minimum atomic E-state index is -4.65. The van der Waals surface area contributed by atoms with E-state index < -0.39 is 22.4 Å². The molecule has 17 heavy (non-hydrogen) atoms. The highest BCUT2D eigenvalue weighted by molar-refractivity contribution is 6.23. The highest BCUT2D eigenvalue weighted by Crippen LogP contribution is 2.34. The lowest BCUT2D eigenvalue weighted by Crippen LogP contribution is -2.06. The minimum absolute atomic E-state index is 0.0153. The molecule has 0 aliphatic rings. The van der Waals surface area contributed by atoms with Gasteiger partial charge in [-0.3, -0.25) is 10.1 Å². The molecular weight excluding hydrogens is 259 g/mol. The molecule has 0 N–H and O–H groups in total. The van der Waals surface area contributed by atoms with Crippen molar-refractivity contribution in [3.8, 4) is 0 Å². The molecule has 0 aromatic heterocycles. The SMILES string of the molecule is C=C(CCl)c1cc([N+](=O)[O-])cc(C(F)(F)F)c1. The third-order valence-electron chi connectivity index (χ3n) is 2.03. The molecule has 0 atom stereocenters. The van der Waals surface area contributed by atoms with Gasteiger partial charge >= 0.3 is 6.18 Å². The lowest BCUT2D eigenvalue weighted by atomic mass is 10.0. The molecule has 0 saturated carbocycles. The van der Waals surface area contributed by atoms with E-state index >= 15 is 0 Å². The Morgan fingerprint density at radius 1 is 1.41 bits per heavy atom. The van der Waals surface area contributed by atoms with E-state index in [0.29, 0.717) is 6.07 Å². The number of halogens is 4. The van der Waals surface area contributed by atoms with E-state index in [1.165, 1.54) is 0 Å². The second kappa shape index (κ2) is 4.75. The molecule has 0 aliphatic heterocycles. The van der Waals surface area contributed by atoms with Crippen LogP contribution in [0, 0.1) is 10.1 Å². The zero-order chi connectivity index (χ0) is 13.2. The molecule has 0 aliphatic carbocycles. The first-order chi connectivity index (χ1) is 7.75. The van der Waals surface area contributed by atoms with Crippen LogP contribution in [0.15, 0.2) is 24.8 Å². The first-order valence-electron chi connectivity index (χ1n) is 4.36. The summed E-state index contributed by atoms with van der Waals surface area (Å²) in [6, 6.07) is 2.28. The quantitative estimate of drug-likeness (QED) is 0.473. The van der Waals surface area contributed by atoms with Crippen LogP contribution in [0.4, 0.5) is 18.9 Å². The van der Waals surface area contributed by atoms with Gasteiger partial charge in [-0.2, -0.15) is 13.2 Å². The van der Waals surface area contributed by atoms with Crippen molar-refractivity contribution in [2.45, 2.75) is 6.18 Å². The minimum Gasteiger partial charge on any atom is -0.258 e. The molecule has 92 valence electrons. The van der Waals surface area contributed by atoms with Gasteiger partial charge in [0.1, 0.15) is 0 Å². The Hall–Kier alpha value is -1.56. The number of nitro groups is 1. The van der Waals surface area contributed by atoms with Gasteiger partial charge in [-0.1, -0.05) is 6.58 Å². The summed E-state index contributed by atoms with van der Waals surface area (Å²) in [5.74, 6) is -0.0987. The summed E-state index contributed by atoms with van der Waals surface area (Å²) in [5.41, 5.74) is -1.52. The van der Waals surface area contributed by atoms with Crippen molar-refractivity contribution in [3.63, 3.8) is 0 Å². The van der Waals surface area contributed by atoms with Gasteiger partial charge in [-0.25, -0.2) is 0 Å². The maximum atomic E-state index is 12.5. The smallest absolute Gasteiger partial charge is 0.258 e. The van der Waals surface area contributed by atoms with E-state index in [1.807, 2.05) is 0 Å². The van der Waals surface area contributed by atoms with Gasteiger partial charge in [0.2, 0.25) is 0 Å². The second-order valence-corrected chi connectivity index (χ2v) is 3.53. The van der Waals surface area contributed by atoms with Crippen LogP contribution in [-0.2, 0) is 6.18 Å². The molecule has 0 spiro atoms.